The minimum absolute atomic E-state index is 0. The molecule has 5 heteroatoms. The molecule has 3 atom stereocenters. The lowest BCUT2D eigenvalue weighted by Crippen LogP contribution is -2.49. The molecule has 2 N–H and O–H groups in total. The van der Waals surface area contributed by atoms with Crippen LogP contribution in [-0.2, 0) is 4.79 Å². The van der Waals surface area contributed by atoms with Gasteiger partial charge in [0, 0.05) is 0 Å². The van der Waals surface area contributed by atoms with Gasteiger partial charge >= 0.3 is 0 Å². The number of amides is 1. The summed E-state index contributed by atoms with van der Waals surface area (Å²) in [5.74, 6) is 2.73. The Kier molecular flexibility index (Phi) is 6.76. The molecule has 1 saturated heterocycles. The van der Waals surface area contributed by atoms with E-state index in [4.69, 9.17) is 17.4 Å². The lowest BCUT2D eigenvalue weighted by molar-refractivity contribution is -0.134. The summed E-state index contributed by atoms with van der Waals surface area (Å²) in [4.78, 5) is 13.7. The van der Waals surface area contributed by atoms with Gasteiger partial charge in [0.1, 0.15) is 6.04 Å². The number of nitrogens with zero attached hydrogens (tertiary/aromatic N) is 2. The third-order valence-electron chi connectivity index (χ3n) is 3.02. The molecule has 0 aromatic heterocycles. The summed E-state index contributed by atoms with van der Waals surface area (Å²) in [7, 11) is 0. The fourth-order valence-electron chi connectivity index (χ4n) is 2.21. The molecule has 4 nitrogen and oxygen atoms in total. The first-order valence-corrected chi connectivity index (χ1v) is 5.94. The van der Waals surface area contributed by atoms with Crippen molar-refractivity contribution in [1.82, 2.24) is 4.90 Å². The van der Waals surface area contributed by atoms with E-state index in [0.717, 1.165) is 0 Å². The average molecular weight is 270 g/mol. The number of terminal acetylenes is 1. The van der Waals surface area contributed by atoms with Crippen LogP contribution >= 0.6 is 12.4 Å². The highest BCUT2D eigenvalue weighted by Crippen LogP contribution is 2.24. The Labute approximate surface area is 115 Å². The summed E-state index contributed by atoms with van der Waals surface area (Å²) in [6.07, 6.45) is 7.34. The van der Waals surface area contributed by atoms with Gasteiger partial charge in [0.05, 0.1) is 18.2 Å². The Bertz CT molecular complexity index is 347. The van der Waals surface area contributed by atoms with Gasteiger partial charge < -0.3 is 10.6 Å². The van der Waals surface area contributed by atoms with E-state index < -0.39 is 12.1 Å². The van der Waals surface area contributed by atoms with E-state index in [9.17, 15) is 4.79 Å². The number of carbonyl (C=O) groups excluding carboxylic acids is 1. The number of rotatable bonds is 3. The van der Waals surface area contributed by atoms with Gasteiger partial charge in [-0.2, -0.15) is 5.26 Å². The number of halogens is 1. The fraction of sp³-hybridized carbons (Fsp3) is 0.692. The van der Waals surface area contributed by atoms with Crippen LogP contribution in [0.1, 0.15) is 33.1 Å². The van der Waals surface area contributed by atoms with Gasteiger partial charge in [-0.25, -0.2) is 0 Å². The molecule has 0 bridgehead atoms. The SMILES string of the molecule is C#C[C@H]1CC[C@@H](C#N)N1C(=O)[C@H](N)CC(C)C.Cl. The quantitative estimate of drug-likeness (QED) is 0.785. The fourth-order valence-corrected chi connectivity index (χ4v) is 2.21. The van der Waals surface area contributed by atoms with Crippen LogP contribution < -0.4 is 5.73 Å². The van der Waals surface area contributed by atoms with Gasteiger partial charge in [-0.1, -0.05) is 19.8 Å². The minimum Gasteiger partial charge on any atom is -0.320 e. The molecule has 1 rings (SSSR count). The summed E-state index contributed by atoms with van der Waals surface area (Å²) in [5, 5.41) is 9.01. The molecule has 0 aromatic rings. The van der Waals surface area contributed by atoms with Gasteiger partial charge in [0.15, 0.2) is 0 Å². The molecular weight excluding hydrogens is 250 g/mol. The molecule has 1 aliphatic rings. The van der Waals surface area contributed by atoms with E-state index in [1.165, 1.54) is 4.90 Å². The maximum atomic E-state index is 12.2. The first-order chi connectivity index (χ1) is 8.01. The Balaban J connectivity index is 0.00000289. The molecule has 0 aliphatic carbocycles. The third-order valence-corrected chi connectivity index (χ3v) is 3.02. The second-order valence-corrected chi connectivity index (χ2v) is 4.89. The maximum absolute atomic E-state index is 12.2. The zero-order chi connectivity index (χ0) is 13.0. The smallest absolute Gasteiger partial charge is 0.241 e. The number of nitriles is 1. The van der Waals surface area contributed by atoms with Gasteiger partial charge in [-0.3, -0.25) is 4.79 Å². The minimum atomic E-state index is -0.556. The Morgan fingerprint density at radius 1 is 1.50 bits per heavy atom. The zero-order valence-corrected chi connectivity index (χ0v) is 11.6. The molecule has 0 spiro atoms. The molecule has 1 aliphatic heterocycles. The summed E-state index contributed by atoms with van der Waals surface area (Å²) in [5.41, 5.74) is 5.86. The highest BCUT2D eigenvalue weighted by atomic mass is 35.5. The molecule has 0 radical (unpaired) electrons. The zero-order valence-electron chi connectivity index (χ0n) is 10.8. The largest absolute Gasteiger partial charge is 0.320 e. The lowest BCUT2D eigenvalue weighted by Gasteiger charge is -2.27. The second-order valence-electron chi connectivity index (χ2n) is 4.89. The molecule has 100 valence electrons. The third kappa shape index (κ3) is 3.63. The van der Waals surface area contributed by atoms with Crippen LogP contribution in [0.3, 0.4) is 0 Å². The monoisotopic (exact) mass is 269 g/mol. The predicted molar refractivity (Wildman–Crippen MR) is 72.8 cm³/mol. The van der Waals surface area contributed by atoms with Crippen molar-refractivity contribution in [3.63, 3.8) is 0 Å². The number of carbonyl (C=O) groups is 1. The van der Waals surface area contributed by atoms with Crippen LogP contribution in [0.4, 0.5) is 0 Å². The number of hydrogen-bond acceptors (Lipinski definition) is 3. The van der Waals surface area contributed by atoms with Crippen LogP contribution in [0.2, 0.25) is 0 Å². The molecule has 0 aromatic carbocycles. The Hall–Kier alpha value is -1.23. The van der Waals surface area contributed by atoms with Crippen LogP contribution in [-0.4, -0.2) is 28.9 Å². The van der Waals surface area contributed by atoms with E-state index >= 15 is 0 Å². The number of nitrogens with two attached hydrogens (primary N) is 1. The van der Waals surface area contributed by atoms with Crippen molar-refractivity contribution >= 4 is 18.3 Å². The molecule has 1 heterocycles. The van der Waals surface area contributed by atoms with E-state index in [0.29, 0.717) is 25.2 Å². The van der Waals surface area contributed by atoms with Crippen molar-refractivity contribution in [2.45, 2.75) is 51.2 Å². The van der Waals surface area contributed by atoms with Crippen molar-refractivity contribution in [3.8, 4) is 18.4 Å². The topological polar surface area (TPSA) is 70.1 Å². The van der Waals surface area contributed by atoms with Crippen LogP contribution in [0.5, 0.6) is 0 Å². The van der Waals surface area contributed by atoms with Crippen molar-refractivity contribution in [2.75, 3.05) is 0 Å². The van der Waals surface area contributed by atoms with E-state index in [-0.39, 0.29) is 24.4 Å². The molecule has 18 heavy (non-hydrogen) atoms. The summed E-state index contributed by atoms with van der Waals surface area (Å²) >= 11 is 0. The number of likely N-dealkylation sites (tertiary alicyclic amines) is 1. The Morgan fingerprint density at radius 3 is 2.50 bits per heavy atom. The van der Waals surface area contributed by atoms with Gasteiger partial charge in [0.2, 0.25) is 5.91 Å². The van der Waals surface area contributed by atoms with Crippen LogP contribution in [0.25, 0.3) is 0 Å². The van der Waals surface area contributed by atoms with Crippen LogP contribution in [0.15, 0.2) is 0 Å². The van der Waals surface area contributed by atoms with E-state index in [2.05, 4.69) is 12.0 Å². The summed E-state index contributed by atoms with van der Waals surface area (Å²) in [6, 6.07) is 0.878. The molecule has 0 saturated carbocycles. The van der Waals surface area contributed by atoms with Crippen molar-refractivity contribution < 1.29 is 4.79 Å². The van der Waals surface area contributed by atoms with E-state index in [1.54, 1.807) is 0 Å². The molecule has 1 fully saturated rings. The van der Waals surface area contributed by atoms with Gasteiger partial charge in [0.25, 0.3) is 0 Å². The summed E-state index contributed by atoms with van der Waals surface area (Å²) in [6.45, 7) is 4.02. The maximum Gasteiger partial charge on any atom is 0.241 e. The van der Waals surface area contributed by atoms with Gasteiger partial charge in [-0.05, 0) is 25.2 Å². The molecule has 1 amide bonds. The molecule has 0 unspecified atom stereocenters. The second kappa shape index (κ2) is 7.26. The highest BCUT2D eigenvalue weighted by Gasteiger charge is 2.38. The first kappa shape index (κ1) is 16.8. The first-order valence-electron chi connectivity index (χ1n) is 5.94. The predicted octanol–water partition coefficient (Wildman–Crippen LogP) is 1.30. The molecular formula is C13H20ClN3O. The van der Waals surface area contributed by atoms with Gasteiger partial charge in [-0.15, -0.1) is 18.8 Å². The van der Waals surface area contributed by atoms with Crippen molar-refractivity contribution in [2.24, 2.45) is 11.7 Å². The highest BCUT2D eigenvalue weighted by molar-refractivity contribution is 5.85. The number of hydrogen-bond donors (Lipinski definition) is 1. The standard InChI is InChI=1S/C13H19N3O.ClH/c1-4-10-5-6-11(8-14)16(10)13(17)12(15)7-9(2)3;/h1,9-12H,5-7,15H2,2-3H3;1H/t10-,11-,12+;/m0./s1. The van der Waals surface area contributed by atoms with Crippen molar-refractivity contribution in [3.05, 3.63) is 0 Å². The van der Waals surface area contributed by atoms with E-state index in [1.807, 2.05) is 13.8 Å². The van der Waals surface area contributed by atoms with Crippen LogP contribution in [0, 0.1) is 29.6 Å². The summed E-state index contributed by atoms with van der Waals surface area (Å²) < 4.78 is 0. The Morgan fingerprint density at radius 2 is 2.06 bits per heavy atom. The lowest BCUT2D eigenvalue weighted by atomic mass is 10.0. The average Bonchev–Trinajstić information content (AvgIpc) is 2.69. The normalized spacial score (nSPS) is 24.0. The van der Waals surface area contributed by atoms with Crippen molar-refractivity contribution in [1.29, 1.82) is 5.26 Å².